The Hall–Kier alpha value is -0.600. The van der Waals surface area contributed by atoms with Crippen LogP contribution in [0.5, 0.6) is 0 Å². The second kappa shape index (κ2) is 6.09. The molecular weight excluding hydrogens is 188 g/mol. The van der Waals surface area contributed by atoms with Gasteiger partial charge in [-0.2, -0.15) is 0 Å². The standard InChI is InChI=1S/C13H20O2/c1-3-7-12(8-4-1)14-11-15-13-9-5-2-6-10-13/h3,5,7,9,12-13H,1-2,4,6,8,10-11H2. The van der Waals surface area contributed by atoms with Crippen LogP contribution < -0.4 is 0 Å². The molecule has 15 heavy (non-hydrogen) atoms. The van der Waals surface area contributed by atoms with Gasteiger partial charge in [-0.3, -0.25) is 0 Å². The van der Waals surface area contributed by atoms with E-state index < -0.39 is 0 Å². The van der Waals surface area contributed by atoms with Crippen molar-refractivity contribution in [1.82, 2.24) is 0 Å². The van der Waals surface area contributed by atoms with Crippen LogP contribution >= 0.6 is 0 Å². The zero-order valence-electron chi connectivity index (χ0n) is 9.23. The zero-order chi connectivity index (χ0) is 10.3. The van der Waals surface area contributed by atoms with Crippen LogP contribution in [0.3, 0.4) is 0 Å². The minimum Gasteiger partial charge on any atom is -0.348 e. The van der Waals surface area contributed by atoms with Gasteiger partial charge in [0.25, 0.3) is 0 Å². The van der Waals surface area contributed by atoms with Gasteiger partial charge >= 0.3 is 0 Å². The van der Waals surface area contributed by atoms with E-state index in [4.69, 9.17) is 9.47 Å². The summed E-state index contributed by atoms with van der Waals surface area (Å²) in [6, 6.07) is 0. The molecule has 0 amide bonds. The van der Waals surface area contributed by atoms with Gasteiger partial charge in [-0.05, 0) is 38.5 Å². The molecule has 0 spiro atoms. The summed E-state index contributed by atoms with van der Waals surface area (Å²) in [6.45, 7) is 0.435. The van der Waals surface area contributed by atoms with Gasteiger partial charge in [-0.1, -0.05) is 24.3 Å². The van der Waals surface area contributed by atoms with Crippen molar-refractivity contribution < 1.29 is 9.47 Å². The molecule has 84 valence electrons. The first-order valence-corrected chi connectivity index (χ1v) is 6.02. The molecule has 0 saturated carbocycles. The molecular formula is C13H20O2. The van der Waals surface area contributed by atoms with E-state index in [0.29, 0.717) is 6.79 Å². The summed E-state index contributed by atoms with van der Waals surface area (Å²) in [5.41, 5.74) is 0. The topological polar surface area (TPSA) is 18.5 Å². The molecule has 2 aliphatic rings. The van der Waals surface area contributed by atoms with Crippen LogP contribution in [0.25, 0.3) is 0 Å². The predicted octanol–water partition coefficient (Wildman–Crippen LogP) is 3.19. The summed E-state index contributed by atoms with van der Waals surface area (Å²) in [7, 11) is 0. The van der Waals surface area contributed by atoms with Gasteiger partial charge in [0, 0.05) is 0 Å². The monoisotopic (exact) mass is 208 g/mol. The number of hydrogen-bond donors (Lipinski definition) is 0. The second-order valence-corrected chi connectivity index (χ2v) is 4.25. The van der Waals surface area contributed by atoms with Crippen LogP contribution in [-0.4, -0.2) is 19.0 Å². The Morgan fingerprint density at radius 1 is 0.867 bits per heavy atom. The van der Waals surface area contributed by atoms with Crippen LogP contribution in [0, 0.1) is 0 Å². The molecule has 2 unspecified atom stereocenters. The van der Waals surface area contributed by atoms with Crippen LogP contribution in [0.15, 0.2) is 24.3 Å². The van der Waals surface area contributed by atoms with E-state index in [2.05, 4.69) is 24.3 Å². The van der Waals surface area contributed by atoms with Crippen LogP contribution in [0.4, 0.5) is 0 Å². The van der Waals surface area contributed by atoms with E-state index in [-0.39, 0.29) is 12.2 Å². The second-order valence-electron chi connectivity index (χ2n) is 4.25. The lowest BCUT2D eigenvalue weighted by molar-refractivity contribution is -0.0992. The fourth-order valence-corrected chi connectivity index (χ4v) is 2.05. The van der Waals surface area contributed by atoms with Crippen molar-refractivity contribution in [2.45, 2.75) is 50.7 Å². The summed E-state index contributed by atoms with van der Waals surface area (Å²) in [5.74, 6) is 0. The first-order chi connectivity index (χ1) is 7.45. The van der Waals surface area contributed by atoms with Crippen molar-refractivity contribution in [1.29, 1.82) is 0 Å². The van der Waals surface area contributed by atoms with E-state index in [0.717, 1.165) is 12.8 Å². The molecule has 0 bridgehead atoms. The number of rotatable bonds is 4. The lowest BCUT2D eigenvalue weighted by Crippen LogP contribution is -2.19. The SMILES string of the molecule is C1=CC(OCOC2C=CCCC2)CCC1. The van der Waals surface area contributed by atoms with Crippen molar-refractivity contribution >= 4 is 0 Å². The van der Waals surface area contributed by atoms with Gasteiger partial charge in [-0.15, -0.1) is 0 Å². The summed E-state index contributed by atoms with van der Waals surface area (Å²) >= 11 is 0. The fraction of sp³-hybridized carbons (Fsp3) is 0.692. The third-order valence-electron chi connectivity index (χ3n) is 2.98. The van der Waals surface area contributed by atoms with Crippen molar-refractivity contribution in [3.05, 3.63) is 24.3 Å². The van der Waals surface area contributed by atoms with E-state index >= 15 is 0 Å². The van der Waals surface area contributed by atoms with E-state index in [1.807, 2.05) is 0 Å². The Balaban J connectivity index is 1.61. The van der Waals surface area contributed by atoms with E-state index in [1.54, 1.807) is 0 Å². The highest BCUT2D eigenvalue weighted by atomic mass is 16.7. The molecule has 2 aliphatic carbocycles. The van der Waals surface area contributed by atoms with Gasteiger partial charge < -0.3 is 9.47 Å². The molecule has 0 aromatic carbocycles. The molecule has 0 fully saturated rings. The first kappa shape index (κ1) is 10.9. The average Bonchev–Trinajstić information content (AvgIpc) is 2.32. The largest absolute Gasteiger partial charge is 0.348 e. The highest BCUT2D eigenvalue weighted by Crippen LogP contribution is 2.16. The van der Waals surface area contributed by atoms with Crippen molar-refractivity contribution in [2.75, 3.05) is 6.79 Å². The molecule has 0 heterocycles. The molecule has 0 aromatic rings. The molecule has 2 nitrogen and oxygen atoms in total. The highest BCUT2D eigenvalue weighted by molar-refractivity contribution is 4.95. The summed E-state index contributed by atoms with van der Waals surface area (Å²) in [6.07, 6.45) is 16.4. The van der Waals surface area contributed by atoms with Gasteiger partial charge in [0.2, 0.25) is 0 Å². The summed E-state index contributed by atoms with van der Waals surface area (Å²) in [5, 5.41) is 0. The van der Waals surface area contributed by atoms with Gasteiger partial charge in [0.1, 0.15) is 6.79 Å². The Bertz CT molecular complexity index is 209. The van der Waals surface area contributed by atoms with Crippen molar-refractivity contribution in [3.8, 4) is 0 Å². The first-order valence-electron chi connectivity index (χ1n) is 6.02. The molecule has 0 aliphatic heterocycles. The van der Waals surface area contributed by atoms with Gasteiger partial charge in [0.05, 0.1) is 12.2 Å². The third-order valence-corrected chi connectivity index (χ3v) is 2.98. The third kappa shape index (κ3) is 3.80. The van der Waals surface area contributed by atoms with E-state index in [9.17, 15) is 0 Å². The summed E-state index contributed by atoms with van der Waals surface area (Å²) in [4.78, 5) is 0. The van der Waals surface area contributed by atoms with Crippen molar-refractivity contribution in [2.24, 2.45) is 0 Å². The normalized spacial score (nSPS) is 30.7. The predicted molar refractivity (Wildman–Crippen MR) is 60.6 cm³/mol. The van der Waals surface area contributed by atoms with Crippen molar-refractivity contribution in [3.63, 3.8) is 0 Å². The number of hydrogen-bond acceptors (Lipinski definition) is 2. The maximum Gasteiger partial charge on any atom is 0.148 e. The highest BCUT2D eigenvalue weighted by Gasteiger charge is 2.11. The quantitative estimate of drug-likeness (QED) is 0.522. The number of ether oxygens (including phenoxy) is 2. The lowest BCUT2D eigenvalue weighted by Gasteiger charge is -2.20. The Morgan fingerprint density at radius 2 is 1.40 bits per heavy atom. The molecule has 2 heteroatoms. The molecule has 0 saturated heterocycles. The summed E-state index contributed by atoms with van der Waals surface area (Å²) < 4.78 is 11.3. The molecule has 0 aromatic heterocycles. The smallest absolute Gasteiger partial charge is 0.148 e. The minimum atomic E-state index is 0.284. The Morgan fingerprint density at radius 3 is 1.80 bits per heavy atom. The molecule has 0 N–H and O–H groups in total. The van der Waals surface area contributed by atoms with Crippen LogP contribution in [0.1, 0.15) is 38.5 Å². The fourth-order valence-electron chi connectivity index (χ4n) is 2.05. The maximum atomic E-state index is 5.64. The Kier molecular flexibility index (Phi) is 4.42. The average molecular weight is 208 g/mol. The van der Waals surface area contributed by atoms with E-state index in [1.165, 1.54) is 25.7 Å². The molecule has 2 atom stereocenters. The molecule has 0 radical (unpaired) electrons. The Labute approximate surface area is 92.0 Å². The van der Waals surface area contributed by atoms with Crippen LogP contribution in [-0.2, 0) is 9.47 Å². The van der Waals surface area contributed by atoms with Gasteiger partial charge in [0.15, 0.2) is 0 Å². The number of allylic oxidation sites excluding steroid dienone is 2. The molecule has 2 rings (SSSR count). The minimum absolute atomic E-state index is 0.284. The van der Waals surface area contributed by atoms with Gasteiger partial charge in [-0.25, -0.2) is 0 Å². The van der Waals surface area contributed by atoms with Crippen LogP contribution in [0.2, 0.25) is 0 Å². The lowest BCUT2D eigenvalue weighted by atomic mass is 10.1. The maximum absolute atomic E-state index is 5.64. The zero-order valence-corrected chi connectivity index (χ0v) is 9.23.